The number of carbonyl (C=O) groups excluding carboxylic acids is 1. The van der Waals surface area contributed by atoms with Crippen LogP contribution in [0.3, 0.4) is 0 Å². The van der Waals surface area contributed by atoms with Crippen LogP contribution in [-0.4, -0.2) is 45.4 Å². The highest BCUT2D eigenvalue weighted by Gasteiger charge is 2.39. The zero-order chi connectivity index (χ0) is 12.8. The monoisotopic (exact) mass is 248 g/mol. The molecule has 0 spiro atoms. The number of carbonyl (C=O) groups is 1. The molecule has 0 radical (unpaired) electrons. The van der Waals surface area contributed by atoms with Gasteiger partial charge < -0.3 is 20.2 Å². The molecule has 1 saturated carbocycles. The van der Waals surface area contributed by atoms with Gasteiger partial charge in [0.2, 0.25) is 0 Å². The molecule has 6 nitrogen and oxygen atoms in total. The molecule has 1 aliphatic carbocycles. The van der Waals surface area contributed by atoms with E-state index in [2.05, 4.69) is 4.89 Å². The molecule has 3 unspecified atom stereocenters. The lowest BCUT2D eigenvalue weighted by atomic mass is 9.76. The van der Waals surface area contributed by atoms with Gasteiger partial charge in [-0.2, -0.15) is 5.26 Å². The van der Waals surface area contributed by atoms with Crippen LogP contribution >= 0.6 is 0 Å². The van der Waals surface area contributed by atoms with Crippen molar-refractivity contribution in [3.63, 3.8) is 0 Å². The summed E-state index contributed by atoms with van der Waals surface area (Å²) in [7, 11) is 0. The minimum Gasteiger partial charge on any atom is -0.394 e. The van der Waals surface area contributed by atoms with Crippen LogP contribution in [0.2, 0.25) is 0 Å². The van der Waals surface area contributed by atoms with Crippen LogP contribution in [0.25, 0.3) is 0 Å². The molecule has 1 aliphatic rings. The van der Waals surface area contributed by atoms with Crippen LogP contribution < -0.4 is 0 Å². The molecule has 0 bridgehead atoms. The third kappa shape index (κ3) is 3.64. The molecule has 0 aliphatic heterocycles. The van der Waals surface area contributed by atoms with E-state index in [0.717, 1.165) is 32.1 Å². The number of rotatable bonds is 5. The molecule has 100 valence electrons. The van der Waals surface area contributed by atoms with Crippen LogP contribution in [0.4, 0.5) is 0 Å². The summed E-state index contributed by atoms with van der Waals surface area (Å²) in [6, 6.07) is 0. The van der Waals surface area contributed by atoms with Crippen molar-refractivity contribution in [1.82, 2.24) is 0 Å². The molecule has 0 aromatic rings. The largest absolute Gasteiger partial charge is 0.394 e. The van der Waals surface area contributed by atoms with Crippen molar-refractivity contribution in [2.75, 3.05) is 6.61 Å². The van der Waals surface area contributed by atoms with E-state index in [1.165, 1.54) is 0 Å². The minimum atomic E-state index is -1.41. The first-order valence-electron chi connectivity index (χ1n) is 5.94. The Hall–Kier alpha value is -0.690. The lowest BCUT2D eigenvalue weighted by molar-refractivity contribution is -0.246. The minimum absolute atomic E-state index is 0.125. The van der Waals surface area contributed by atoms with Gasteiger partial charge in [0, 0.05) is 0 Å². The fourth-order valence-electron chi connectivity index (χ4n) is 2.51. The van der Waals surface area contributed by atoms with E-state index in [1.54, 1.807) is 0 Å². The normalized spacial score (nSPS) is 22.8. The zero-order valence-electron chi connectivity index (χ0n) is 9.66. The topological polar surface area (TPSA) is 107 Å². The average Bonchev–Trinajstić information content (AvgIpc) is 2.38. The van der Waals surface area contributed by atoms with Crippen LogP contribution in [0, 0.1) is 11.8 Å². The van der Waals surface area contributed by atoms with E-state index in [-0.39, 0.29) is 5.92 Å². The van der Waals surface area contributed by atoms with Gasteiger partial charge in [0.05, 0.1) is 18.6 Å². The lowest BCUT2D eigenvalue weighted by Crippen LogP contribution is -2.44. The average molecular weight is 248 g/mol. The van der Waals surface area contributed by atoms with Crippen LogP contribution in [0.15, 0.2) is 0 Å². The van der Waals surface area contributed by atoms with Gasteiger partial charge >= 0.3 is 5.97 Å². The Balaban J connectivity index is 2.74. The third-order valence-electron chi connectivity index (χ3n) is 3.47. The van der Waals surface area contributed by atoms with Gasteiger partial charge in [0.25, 0.3) is 0 Å². The van der Waals surface area contributed by atoms with Crippen LogP contribution in [-0.2, 0) is 9.68 Å². The van der Waals surface area contributed by atoms with Crippen molar-refractivity contribution in [3.05, 3.63) is 0 Å². The third-order valence-corrected chi connectivity index (χ3v) is 3.47. The molecule has 0 aromatic heterocycles. The van der Waals surface area contributed by atoms with Crippen molar-refractivity contribution < 1.29 is 30.3 Å². The van der Waals surface area contributed by atoms with Crippen molar-refractivity contribution in [1.29, 1.82) is 0 Å². The maximum atomic E-state index is 11.4. The Morgan fingerprint density at radius 2 is 1.82 bits per heavy atom. The zero-order valence-corrected chi connectivity index (χ0v) is 9.66. The molecule has 1 fully saturated rings. The highest BCUT2D eigenvalue weighted by molar-refractivity contribution is 5.73. The smallest absolute Gasteiger partial charge is 0.348 e. The summed E-state index contributed by atoms with van der Waals surface area (Å²) >= 11 is 0. The van der Waals surface area contributed by atoms with Gasteiger partial charge in [-0.15, -0.1) is 0 Å². The van der Waals surface area contributed by atoms with Gasteiger partial charge in [-0.05, 0) is 18.8 Å². The molecule has 1 rings (SSSR count). The predicted octanol–water partition coefficient (Wildman–Crippen LogP) is -0.0868. The Kier molecular flexibility index (Phi) is 5.84. The fraction of sp³-hybridized carbons (Fsp3) is 0.909. The fourth-order valence-corrected chi connectivity index (χ4v) is 2.51. The second-order valence-corrected chi connectivity index (χ2v) is 4.57. The van der Waals surface area contributed by atoms with Crippen molar-refractivity contribution in [3.8, 4) is 0 Å². The molecular formula is C11H20O6. The van der Waals surface area contributed by atoms with Crippen molar-refractivity contribution in [2.24, 2.45) is 11.8 Å². The number of hydrogen-bond acceptors (Lipinski definition) is 6. The van der Waals surface area contributed by atoms with E-state index in [4.69, 9.17) is 10.4 Å². The molecule has 6 heteroatoms. The lowest BCUT2D eigenvalue weighted by Gasteiger charge is -2.32. The summed E-state index contributed by atoms with van der Waals surface area (Å²) in [6.07, 6.45) is 1.65. The van der Waals surface area contributed by atoms with Crippen LogP contribution in [0.5, 0.6) is 0 Å². The highest BCUT2D eigenvalue weighted by Crippen LogP contribution is 2.33. The standard InChI is InChI=1S/C11H20O6/c12-6-8(13)10(14)9(11(15)17-16)7-4-2-1-3-5-7/h7-10,12-14,16H,1-6H2. The SMILES string of the molecule is O=C(OO)C(C1CCCCC1)C(O)C(O)CO. The van der Waals surface area contributed by atoms with Gasteiger partial charge in [0.15, 0.2) is 0 Å². The summed E-state index contributed by atoms with van der Waals surface area (Å²) in [6.45, 7) is -0.636. The quantitative estimate of drug-likeness (QED) is 0.400. The van der Waals surface area contributed by atoms with Gasteiger partial charge in [-0.25, -0.2) is 4.79 Å². The Labute approximate surface area is 99.8 Å². The van der Waals surface area contributed by atoms with E-state index < -0.39 is 30.7 Å². The van der Waals surface area contributed by atoms with E-state index >= 15 is 0 Å². The van der Waals surface area contributed by atoms with Gasteiger partial charge in [-0.3, -0.25) is 0 Å². The van der Waals surface area contributed by atoms with E-state index in [9.17, 15) is 15.0 Å². The number of aliphatic hydroxyl groups excluding tert-OH is 3. The molecule has 0 heterocycles. The maximum absolute atomic E-state index is 11.4. The van der Waals surface area contributed by atoms with Crippen LogP contribution in [0.1, 0.15) is 32.1 Å². The van der Waals surface area contributed by atoms with Gasteiger partial charge in [0.1, 0.15) is 6.10 Å². The summed E-state index contributed by atoms with van der Waals surface area (Å²) in [5, 5.41) is 36.4. The second-order valence-electron chi connectivity index (χ2n) is 4.57. The summed E-state index contributed by atoms with van der Waals surface area (Å²) < 4.78 is 0. The Bertz CT molecular complexity index is 236. The summed E-state index contributed by atoms with van der Waals surface area (Å²) in [5.74, 6) is -2.06. The van der Waals surface area contributed by atoms with Crippen molar-refractivity contribution >= 4 is 5.97 Å². The molecule has 4 N–H and O–H groups in total. The molecule has 17 heavy (non-hydrogen) atoms. The van der Waals surface area contributed by atoms with E-state index in [1.807, 2.05) is 0 Å². The molecule has 0 amide bonds. The first-order valence-corrected chi connectivity index (χ1v) is 5.94. The number of hydrogen-bond donors (Lipinski definition) is 4. The molecule has 0 saturated heterocycles. The summed E-state index contributed by atoms with van der Waals surface area (Å²) in [5.41, 5.74) is 0. The maximum Gasteiger partial charge on any atom is 0.348 e. The predicted molar refractivity (Wildman–Crippen MR) is 57.9 cm³/mol. The first kappa shape index (κ1) is 14.4. The molecule has 0 aromatic carbocycles. The Morgan fingerprint density at radius 1 is 1.24 bits per heavy atom. The Morgan fingerprint density at radius 3 is 2.29 bits per heavy atom. The van der Waals surface area contributed by atoms with Gasteiger partial charge in [-0.1, -0.05) is 19.3 Å². The summed E-state index contributed by atoms with van der Waals surface area (Å²) in [4.78, 5) is 15.1. The molecule has 3 atom stereocenters. The highest BCUT2D eigenvalue weighted by atomic mass is 17.1. The molecular weight excluding hydrogens is 228 g/mol. The first-order chi connectivity index (χ1) is 8.11. The second kappa shape index (κ2) is 6.90. The number of aliphatic hydroxyl groups is 3. The van der Waals surface area contributed by atoms with E-state index in [0.29, 0.717) is 0 Å². The van der Waals surface area contributed by atoms with Crippen molar-refractivity contribution in [2.45, 2.75) is 44.3 Å².